The lowest BCUT2D eigenvalue weighted by Gasteiger charge is -2.37. The lowest BCUT2D eigenvalue weighted by molar-refractivity contribution is -0.137. The molecule has 0 unspecified atom stereocenters. The number of nitrogens with zero attached hydrogens (tertiary/aromatic N) is 2. The van der Waals surface area contributed by atoms with Gasteiger partial charge in [-0.15, -0.1) is 0 Å². The van der Waals surface area contributed by atoms with E-state index in [1.807, 2.05) is 0 Å². The van der Waals surface area contributed by atoms with Crippen LogP contribution in [0.2, 0.25) is 0 Å². The van der Waals surface area contributed by atoms with E-state index < -0.39 is 17.6 Å². The SMILES string of the molecule is O=C(N=C1COCC[C@H]1N1CCCCC1)c1ccc(C(F)(F)F)cc1C1CC1. The first-order valence-corrected chi connectivity index (χ1v) is 10.1. The topological polar surface area (TPSA) is 41.9 Å². The average Bonchev–Trinajstić information content (AvgIpc) is 3.53. The summed E-state index contributed by atoms with van der Waals surface area (Å²) in [6.45, 7) is 2.94. The van der Waals surface area contributed by atoms with Gasteiger partial charge in [-0.3, -0.25) is 9.69 Å². The highest BCUT2D eigenvalue weighted by Crippen LogP contribution is 2.44. The molecule has 2 heterocycles. The number of hydrogen-bond donors (Lipinski definition) is 0. The van der Waals surface area contributed by atoms with E-state index in [1.54, 1.807) is 0 Å². The highest BCUT2D eigenvalue weighted by Gasteiger charge is 2.35. The van der Waals surface area contributed by atoms with Crippen LogP contribution in [0, 0.1) is 0 Å². The molecule has 1 aromatic rings. The Morgan fingerprint density at radius 3 is 2.54 bits per heavy atom. The quantitative estimate of drug-likeness (QED) is 0.761. The van der Waals surface area contributed by atoms with Crippen LogP contribution in [0.25, 0.3) is 0 Å². The number of ether oxygens (including phenoxy) is 1. The molecule has 0 radical (unpaired) electrons. The van der Waals surface area contributed by atoms with Crippen LogP contribution in [0.1, 0.15) is 65.9 Å². The van der Waals surface area contributed by atoms with E-state index in [0.29, 0.717) is 30.1 Å². The Morgan fingerprint density at radius 1 is 1.11 bits per heavy atom. The zero-order valence-corrected chi connectivity index (χ0v) is 15.8. The predicted octanol–water partition coefficient (Wildman–Crippen LogP) is 4.44. The molecule has 2 saturated heterocycles. The maximum absolute atomic E-state index is 13.1. The molecule has 1 saturated carbocycles. The van der Waals surface area contributed by atoms with Gasteiger partial charge in [-0.2, -0.15) is 13.2 Å². The second kappa shape index (κ2) is 7.95. The summed E-state index contributed by atoms with van der Waals surface area (Å²) in [7, 11) is 0. The van der Waals surface area contributed by atoms with Gasteiger partial charge in [0.05, 0.1) is 23.9 Å². The molecule has 152 valence electrons. The number of halogens is 3. The summed E-state index contributed by atoms with van der Waals surface area (Å²) < 4.78 is 44.8. The van der Waals surface area contributed by atoms with E-state index >= 15 is 0 Å². The number of carbonyl (C=O) groups excluding carboxylic acids is 1. The van der Waals surface area contributed by atoms with Crippen molar-refractivity contribution in [2.45, 2.75) is 56.7 Å². The molecule has 1 aliphatic carbocycles. The van der Waals surface area contributed by atoms with Gasteiger partial charge >= 0.3 is 6.18 Å². The number of piperidine rings is 1. The minimum absolute atomic E-state index is 0.0296. The Balaban J connectivity index is 1.61. The summed E-state index contributed by atoms with van der Waals surface area (Å²) in [5, 5.41) is 0. The first-order chi connectivity index (χ1) is 13.4. The summed E-state index contributed by atoms with van der Waals surface area (Å²) in [6, 6.07) is 3.50. The summed E-state index contributed by atoms with van der Waals surface area (Å²) in [5.41, 5.74) is 0.784. The molecule has 0 aromatic heterocycles. The number of carbonyl (C=O) groups is 1. The number of alkyl halides is 3. The molecule has 1 atom stereocenters. The van der Waals surface area contributed by atoms with Crippen molar-refractivity contribution in [2.75, 3.05) is 26.3 Å². The molecule has 1 aromatic carbocycles. The average molecular weight is 394 g/mol. The van der Waals surface area contributed by atoms with E-state index in [4.69, 9.17) is 4.74 Å². The smallest absolute Gasteiger partial charge is 0.375 e. The third-order valence-electron chi connectivity index (χ3n) is 5.87. The highest BCUT2D eigenvalue weighted by atomic mass is 19.4. The number of benzene rings is 1. The fraction of sp³-hybridized carbons (Fsp3) is 0.619. The standard InChI is InChI=1S/C21H25F3N2O2/c22-21(23,24)15-6-7-16(17(12-15)14-4-5-14)20(27)25-18-13-28-11-8-19(18)26-9-2-1-3-10-26/h6-7,12,14,19H,1-5,8-11,13H2/t19-/m1/s1. The zero-order valence-electron chi connectivity index (χ0n) is 15.8. The number of likely N-dealkylation sites (tertiary alicyclic amines) is 1. The summed E-state index contributed by atoms with van der Waals surface area (Å²) in [4.78, 5) is 19.6. The molecule has 4 rings (SSSR count). The largest absolute Gasteiger partial charge is 0.416 e. The van der Waals surface area contributed by atoms with Crippen molar-refractivity contribution in [3.63, 3.8) is 0 Å². The lowest BCUT2D eigenvalue weighted by atomic mass is 9.98. The van der Waals surface area contributed by atoms with Crippen molar-refractivity contribution >= 4 is 11.6 Å². The zero-order chi connectivity index (χ0) is 19.7. The van der Waals surface area contributed by atoms with E-state index in [-0.39, 0.29) is 12.0 Å². The first kappa shape index (κ1) is 19.6. The minimum atomic E-state index is -4.41. The molecule has 0 N–H and O–H groups in total. The number of rotatable bonds is 3. The van der Waals surface area contributed by atoms with Crippen LogP contribution in [-0.4, -0.2) is 48.9 Å². The van der Waals surface area contributed by atoms with Crippen molar-refractivity contribution in [1.29, 1.82) is 0 Å². The van der Waals surface area contributed by atoms with Gasteiger partial charge in [0.2, 0.25) is 0 Å². The van der Waals surface area contributed by atoms with Gasteiger partial charge < -0.3 is 4.74 Å². The van der Waals surface area contributed by atoms with Crippen molar-refractivity contribution in [1.82, 2.24) is 4.90 Å². The molecule has 28 heavy (non-hydrogen) atoms. The Hall–Kier alpha value is -1.73. The Morgan fingerprint density at radius 2 is 1.86 bits per heavy atom. The molecule has 3 fully saturated rings. The minimum Gasteiger partial charge on any atom is -0.375 e. The molecule has 7 heteroatoms. The molecular weight excluding hydrogens is 369 g/mol. The van der Waals surface area contributed by atoms with Gasteiger partial charge in [0.1, 0.15) is 0 Å². The van der Waals surface area contributed by atoms with Crippen LogP contribution in [-0.2, 0) is 10.9 Å². The molecule has 3 aliphatic rings. The Kier molecular flexibility index (Phi) is 5.56. The van der Waals surface area contributed by atoms with E-state index in [2.05, 4.69) is 9.89 Å². The van der Waals surface area contributed by atoms with Crippen LogP contribution >= 0.6 is 0 Å². The van der Waals surface area contributed by atoms with E-state index in [0.717, 1.165) is 57.3 Å². The first-order valence-electron chi connectivity index (χ1n) is 10.1. The van der Waals surface area contributed by atoms with E-state index in [1.165, 1.54) is 12.5 Å². The van der Waals surface area contributed by atoms with Crippen LogP contribution in [0.4, 0.5) is 13.2 Å². The van der Waals surface area contributed by atoms with Gasteiger partial charge in [0, 0.05) is 12.2 Å². The number of amides is 1. The third-order valence-corrected chi connectivity index (χ3v) is 5.87. The molecule has 1 amide bonds. The second-order valence-electron chi connectivity index (χ2n) is 7.94. The van der Waals surface area contributed by atoms with Crippen LogP contribution in [0.15, 0.2) is 23.2 Å². The number of aliphatic imine (C=N–C) groups is 1. The van der Waals surface area contributed by atoms with Crippen LogP contribution < -0.4 is 0 Å². The fourth-order valence-corrected chi connectivity index (χ4v) is 4.22. The fourth-order valence-electron chi connectivity index (χ4n) is 4.22. The predicted molar refractivity (Wildman–Crippen MR) is 99.8 cm³/mol. The Bertz CT molecular complexity index is 765. The lowest BCUT2D eigenvalue weighted by Crippen LogP contribution is -2.48. The normalized spacial score (nSPS) is 25.8. The molecule has 2 aliphatic heterocycles. The van der Waals surface area contributed by atoms with Crippen LogP contribution in [0.3, 0.4) is 0 Å². The van der Waals surface area contributed by atoms with Gasteiger partial charge in [-0.25, -0.2) is 4.99 Å². The highest BCUT2D eigenvalue weighted by molar-refractivity contribution is 6.07. The summed E-state index contributed by atoms with van der Waals surface area (Å²) in [6.07, 6.45) is 1.53. The van der Waals surface area contributed by atoms with Crippen molar-refractivity contribution in [3.05, 3.63) is 34.9 Å². The third kappa shape index (κ3) is 4.30. The van der Waals surface area contributed by atoms with E-state index in [9.17, 15) is 18.0 Å². The Labute approximate surface area is 162 Å². The molecular formula is C21H25F3N2O2. The maximum atomic E-state index is 13.1. The van der Waals surface area contributed by atoms with Gasteiger partial charge in [0.25, 0.3) is 5.91 Å². The molecule has 0 spiro atoms. The maximum Gasteiger partial charge on any atom is 0.416 e. The summed E-state index contributed by atoms with van der Waals surface area (Å²) in [5.74, 6) is -0.417. The molecule has 0 bridgehead atoms. The summed E-state index contributed by atoms with van der Waals surface area (Å²) >= 11 is 0. The van der Waals surface area contributed by atoms with Crippen molar-refractivity contribution < 1.29 is 22.7 Å². The van der Waals surface area contributed by atoms with Gasteiger partial charge in [-0.05, 0) is 74.9 Å². The van der Waals surface area contributed by atoms with Gasteiger partial charge in [0.15, 0.2) is 0 Å². The van der Waals surface area contributed by atoms with Crippen molar-refractivity contribution in [2.24, 2.45) is 4.99 Å². The number of hydrogen-bond acceptors (Lipinski definition) is 3. The molecule has 4 nitrogen and oxygen atoms in total. The van der Waals surface area contributed by atoms with Crippen molar-refractivity contribution in [3.8, 4) is 0 Å². The van der Waals surface area contributed by atoms with Crippen LogP contribution in [0.5, 0.6) is 0 Å². The monoisotopic (exact) mass is 394 g/mol. The van der Waals surface area contributed by atoms with Gasteiger partial charge in [-0.1, -0.05) is 6.42 Å². The second-order valence-corrected chi connectivity index (χ2v) is 7.94.